The summed E-state index contributed by atoms with van der Waals surface area (Å²) in [6.45, 7) is 7.64. The molecule has 0 aromatic carbocycles. The summed E-state index contributed by atoms with van der Waals surface area (Å²) >= 11 is 0. The fourth-order valence-corrected chi connectivity index (χ4v) is 3.35. The minimum Gasteiger partial charge on any atom is -0.380 e. The summed E-state index contributed by atoms with van der Waals surface area (Å²) in [6, 6.07) is 0. The summed E-state index contributed by atoms with van der Waals surface area (Å²) in [4.78, 5) is 33.5. The molecule has 8 heteroatoms. The Kier molecular flexibility index (Phi) is 4.75. The number of nitrogens with one attached hydrogen (secondary N) is 1. The summed E-state index contributed by atoms with van der Waals surface area (Å²) in [6.07, 6.45) is 2.31. The summed E-state index contributed by atoms with van der Waals surface area (Å²) in [5, 5.41) is 0. The van der Waals surface area contributed by atoms with E-state index in [2.05, 4.69) is 21.8 Å². The minimum absolute atomic E-state index is 0.395. The van der Waals surface area contributed by atoms with Gasteiger partial charge < -0.3 is 14.2 Å². The predicted octanol–water partition coefficient (Wildman–Crippen LogP) is 0.696. The van der Waals surface area contributed by atoms with Crippen LogP contribution in [0.4, 0.5) is 5.95 Å². The molecule has 2 aromatic heterocycles. The molecule has 1 aliphatic rings. The fraction of sp³-hybridized carbons (Fsp3) is 0.688. The Bertz CT molecular complexity index is 835. The second-order valence-electron chi connectivity index (χ2n) is 6.44. The summed E-state index contributed by atoms with van der Waals surface area (Å²) in [7, 11) is 1.63. The van der Waals surface area contributed by atoms with E-state index >= 15 is 0 Å². The van der Waals surface area contributed by atoms with E-state index < -0.39 is 11.2 Å². The Morgan fingerprint density at radius 1 is 1.38 bits per heavy atom. The smallest absolute Gasteiger partial charge is 0.329 e. The van der Waals surface area contributed by atoms with Crippen LogP contribution in [0.25, 0.3) is 11.2 Å². The lowest BCUT2D eigenvalue weighted by Gasteiger charge is -2.32. The molecular formula is C16H25N5O3. The van der Waals surface area contributed by atoms with Crippen LogP contribution in [0.3, 0.4) is 0 Å². The second kappa shape index (κ2) is 6.80. The van der Waals surface area contributed by atoms with E-state index in [1.54, 1.807) is 7.05 Å². The van der Waals surface area contributed by atoms with Crippen LogP contribution in [0.15, 0.2) is 9.59 Å². The van der Waals surface area contributed by atoms with Crippen molar-refractivity contribution < 1.29 is 4.74 Å². The first-order chi connectivity index (χ1) is 11.5. The number of imidazole rings is 1. The average Bonchev–Trinajstić information content (AvgIpc) is 2.93. The molecule has 0 amide bonds. The lowest BCUT2D eigenvalue weighted by molar-refractivity contribution is 0.140. The predicted molar refractivity (Wildman–Crippen MR) is 92.7 cm³/mol. The van der Waals surface area contributed by atoms with Gasteiger partial charge in [0.05, 0.1) is 6.61 Å². The highest BCUT2D eigenvalue weighted by molar-refractivity contribution is 5.74. The number of aryl methyl sites for hydroxylation is 1. The van der Waals surface area contributed by atoms with Gasteiger partial charge in [0.25, 0.3) is 5.56 Å². The van der Waals surface area contributed by atoms with Crippen LogP contribution in [0.2, 0.25) is 0 Å². The van der Waals surface area contributed by atoms with Gasteiger partial charge >= 0.3 is 5.69 Å². The van der Waals surface area contributed by atoms with Crippen LogP contribution >= 0.6 is 0 Å². The molecule has 132 valence electrons. The van der Waals surface area contributed by atoms with Gasteiger partial charge in [-0.1, -0.05) is 6.92 Å². The SMILES string of the molecule is CCOCCn1c(N2CCC[C@H](C)C2)nc2c1c(=O)[nH]c(=O)n2C. The lowest BCUT2D eigenvalue weighted by Crippen LogP contribution is -2.36. The molecule has 24 heavy (non-hydrogen) atoms. The third-order valence-corrected chi connectivity index (χ3v) is 4.59. The quantitative estimate of drug-likeness (QED) is 0.813. The van der Waals surface area contributed by atoms with Gasteiger partial charge in [-0.25, -0.2) is 4.79 Å². The van der Waals surface area contributed by atoms with Gasteiger partial charge in [0.15, 0.2) is 11.2 Å². The Balaban J connectivity index is 2.13. The molecule has 0 radical (unpaired) electrons. The minimum atomic E-state index is -0.444. The zero-order valence-corrected chi connectivity index (χ0v) is 14.5. The molecule has 0 unspecified atom stereocenters. The highest BCUT2D eigenvalue weighted by Gasteiger charge is 2.24. The van der Waals surface area contributed by atoms with E-state index in [0.717, 1.165) is 25.5 Å². The van der Waals surface area contributed by atoms with Crippen LogP contribution in [0, 0.1) is 5.92 Å². The van der Waals surface area contributed by atoms with Gasteiger partial charge in [-0.2, -0.15) is 4.98 Å². The van der Waals surface area contributed by atoms with E-state index in [9.17, 15) is 9.59 Å². The van der Waals surface area contributed by atoms with Gasteiger partial charge in [0.1, 0.15) is 0 Å². The number of ether oxygens (including phenoxy) is 1. The molecule has 1 fully saturated rings. The Morgan fingerprint density at radius 3 is 2.88 bits per heavy atom. The molecule has 1 atom stereocenters. The first-order valence-electron chi connectivity index (χ1n) is 8.55. The molecule has 0 spiro atoms. The molecule has 2 aromatic rings. The zero-order valence-electron chi connectivity index (χ0n) is 14.5. The zero-order chi connectivity index (χ0) is 17.3. The Labute approximate surface area is 140 Å². The molecule has 1 saturated heterocycles. The maximum absolute atomic E-state index is 12.4. The van der Waals surface area contributed by atoms with Gasteiger partial charge in [-0.15, -0.1) is 0 Å². The molecule has 0 saturated carbocycles. The van der Waals surface area contributed by atoms with Crippen LogP contribution in [0.5, 0.6) is 0 Å². The molecule has 8 nitrogen and oxygen atoms in total. The molecule has 3 heterocycles. The van der Waals surface area contributed by atoms with E-state index in [1.165, 1.54) is 11.0 Å². The normalized spacial score (nSPS) is 18.5. The standard InChI is InChI=1S/C16H25N5O3/c1-4-24-9-8-21-12-13(19(3)16(23)18-14(12)22)17-15(21)20-7-5-6-11(2)10-20/h11H,4-10H2,1-3H3,(H,18,22,23)/t11-/m0/s1. The monoisotopic (exact) mass is 335 g/mol. The Morgan fingerprint density at radius 2 is 2.17 bits per heavy atom. The van der Waals surface area contributed by atoms with Crippen molar-refractivity contribution in [3.63, 3.8) is 0 Å². The van der Waals surface area contributed by atoms with Crippen molar-refractivity contribution in [3.8, 4) is 0 Å². The van der Waals surface area contributed by atoms with E-state index in [0.29, 0.717) is 36.8 Å². The summed E-state index contributed by atoms with van der Waals surface area (Å²) in [5.41, 5.74) is 0.0208. The van der Waals surface area contributed by atoms with Crippen molar-refractivity contribution in [1.29, 1.82) is 0 Å². The highest BCUT2D eigenvalue weighted by atomic mass is 16.5. The molecule has 1 N–H and O–H groups in total. The summed E-state index contributed by atoms with van der Waals surface area (Å²) in [5.74, 6) is 1.34. The first kappa shape index (κ1) is 16.8. The fourth-order valence-electron chi connectivity index (χ4n) is 3.35. The maximum Gasteiger partial charge on any atom is 0.329 e. The molecule has 1 aliphatic heterocycles. The highest BCUT2D eigenvalue weighted by Crippen LogP contribution is 2.24. The summed E-state index contributed by atoms with van der Waals surface area (Å²) < 4.78 is 8.75. The molecule has 3 rings (SSSR count). The van der Waals surface area contributed by atoms with E-state index in [1.807, 2.05) is 11.5 Å². The van der Waals surface area contributed by atoms with Crippen LogP contribution < -0.4 is 16.1 Å². The first-order valence-corrected chi connectivity index (χ1v) is 8.55. The topological polar surface area (TPSA) is 85.2 Å². The van der Waals surface area contributed by atoms with E-state index in [4.69, 9.17) is 4.74 Å². The number of hydrogen-bond acceptors (Lipinski definition) is 5. The van der Waals surface area contributed by atoms with Crippen molar-refractivity contribution in [2.75, 3.05) is 31.2 Å². The van der Waals surface area contributed by atoms with Crippen LogP contribution in [-0.2, 0) is 18.3 Å². The van der Waals surface area contributed by atoms with Gasteiger partial charge in [-0.05, 0) is 25.7 Å². The third-order valence-electron chi connectivity index (χ3n) is 4.59. The Hall–Kier alpha value is -2.09. The van der Waals surface area contributed by atoms with Crippen LogP contribution in [-0.4, -0.2) is 45.4 Å². The lowest BCUT2D eigenvalue weighted by atomic mass is 10.0. The maximum atomic E-state index is 12.4. The third kappa shape index (κ3) is 2.98. The van der Waals surface area contributed by atoms with Gasteiger partial charge in [0.2, 0.25) is 5.95 Å². The number of aromatic nitrogens is 4. The molecule has 0 aliphatic carbocycles. The van der Waals surface area contributed by atoms with Crippen molar-refractivity contribution >= 4 is 17.1 Å². The number of nitrogens with zero attached hydrogens (tertiary/aromatic N) is 4. The number of hydrogen-bond donors (Lipinski definition) is 1. The largest absolute Gasteiger partial charge is 0.380 e. The number of anilines is 1. The van der Waals surface area contributed by atoms with Crippen molar-refractivity contribution in [3.05, 3.63) is 20.8 Å². The van der Waals surface area contributed by atoms with Crippen molar-refractivity contribution in [2.24, 2.45) is 13.0 Å². The van der Waals surface area contributed by atoms with E-state index in [-0.39, 0.29) is 0 Å². The molecular weight excluding hydrogens is 310 g/mol. The van der Waals surface area contributed by atoms with Gasteiger partial charge in [0, 0.05) is 33.3 Å². The van der Waals surface area contributed by atoms with Crippen molar-refractivity contribution in [2.45, 2.75) is 33.2 Å². The number of H-pyrrole nitrogens is 1. The molecule has 0 bridgehead atoms. The van der Waals surface area contributed by atoms with Crippen molar-refractivity contribution in [1.82, 2.24) is 19.1 Å². The average molecular weight is 335 g/mol. The number of rotatable bonds is 5. The van der Waals surface area contributed by atoms with Crippen LogP contribution in [0.1, 0.15) is 26.7 Å². The number of fused-ring (bicyclic) bond motifs is 1. The second-order valence-corrected chi connectivity index (χ2v) is 6.44. The van der Waals surface area contributed by atoms with Gasteiger partial charge in [-0.3, -0.25) is 14.3 Å². The number of piperidine rings is 1. The number of aromatic amines is 1.